The molecule has 1 N–H and O–H groups in total. The Balaban J connectivity index is 1.86. The Bertz CT molecular complexity index is 774. The van der Waals surface area contributed by atoms with Gasteiger partial charge in [-0.15, -0.1) is 0 Å². The van der Waals surface area contributed by atoms with Crippen molar-refractivity contribution in [3.63, 3.8) is 0 Å². The molecule has 27 heavy (non-hydrogen) atoms. The van der Waals surface area contributed by atoms with Crippen molar-refractivity contribution >= 4 is 23.2 Å². The minimum absolute atomic E-state index is 0.0724. The molecule has 1 aliphatic rings. The Morgan fingerprint density at radius 3 is 2.44 bits per heavy atom. The van der Waals surface area contributed by atoms with Crippen molar-refractivity contribution in [3.8, 4) is 5.75 Å². The van der Waals surface area contributed by atoms with E-state index >= 15 is 0 Å². The molecule has 1 saturated heterocycles. The standard InChI is InChI=1S/C21H25ClN2O3/c1-14-12-24(13-15(2)27-14)20(16-7-5-4-6-8-16)21(25)23-17-9-10-19(26-3)18(22)11-17/h4-11,14-15,20H,12-13H2,1-3H3,(H,23,25). The van der Waals surface area contributed by atoms with Crippen molar-refractivity contribution in [2.75, 3.05) is 25.5 Å². The van der Waals surface area contributed by atoms with Crippen molar-refractivity contribution in [2.45, 2.75) is 32.1 Å². The van der Waals surface area contributed by atoms with E-state index in [9.17, 15) is 4.79 Å². The smallest absolute Gasteiger partial charge is 0.246 e. The number of benzene rings is 2. The van der Waals surface area contributed by atoms with Gasteiger partial charge in [-0.25, -0.2) is 0 Å². The fourth-order valence-electron chi connectivity index (χ4n) is 3.55. The number of ether oxygens (including phenoxy) is 2. The summed E-state index contributed by atoms with van der Waals surface area (Å²) in [4.78, 5) is 15.4. The van der Waals surface area contributed by atoms with Crippen LogP contribution in [-0.4, -0.2) is 43.2 Å². The topological polar surface area (TPSA) is 50.8 Å². The van der Waals surface area contributed by atoms with Gasteiger partial charge in [0.05, 0.1) is 24.3 Å². The lowest BCUT2D eigenvalue weighted by molar-refractivity contribution is -0.128. The first-order valence-corrected chi connectivity index (χ1v) is 9.44. The third kappa shape index (κ3) is 4.80. The molecule has 0 aliphatic carbocycles. The number of morpholine rings is 1. The van der Waals surface area contributed by atoms with Crippen LogP contribution in [0.3, 0.4) is 0 Å². The van der Waals surface area contributed by atoms with Crippen molar-refractivity contribution in [1.29, 1.82) is 0 Å². The lowest BCUT2D eigenvalue weighted by Crippen LogP contribution is -2.49. The first-order valence-electron chi connectivity index (χ1n) is 9.06. The lowest BCUT2D eigenvalue weighted by atomic mass is 10.0. The second-order valence-corrected chi connectivity index (χ2v) is 7.27. The number of hydrogen-bond acceptors (Lipinski definition) is 4. The summed E-state index contributed by atoms with van der Waals surface area (Å²) in [5.41, 5.74) is 1.59. The normalized spacial score (nSPS) is 21.5. The summed E-state index contributed by atoms with van der Waals surface area (Å²) in [7, 11) is 1.56. The van der Waals surface area contributed by atoms with E-state index in [1.165, 1.54) is 0 Å². The van der Waals surface area contributed by atoms with Gasteiger partial charge in [0.15, 0.2) is 0 Å². The van der Waals surface area contributed by atoms with Gasteiger partial charge in [0.1, 0.15) is 11.8 Å². The summed E-state index contributed by atoms with van der Waals surface area (Å²) < 4.78 is 11.0. The van der Waals surface area contributed by atoms with Gasteiger partial charge in [-0.2, -0.15) is 0 Å². The molecule has 3 atom stereocenters. The van der Waals surface area contributed by atoms with Gasteiger partial charge in [-0.3, -0.25) is 9.69 Å². The molecule has 6 heteroatoms. The van der Waals surface area contributed by atoms with Crippen LogP contribution in [-0.2, 0) is 9.53 Å². The number of methoxy groups -OCH3 is 1. The summed E-state index contributed by atoms with van der Waals surface area (Å²) in [6, 6.07) is 14.6. The predicted molar refractivity (Wildman–Crippen MR) is 107 cm³/mol. The number of amides is 1. The lowest BCUT2D eigenvalue weighted by Gasteiger charge is -2.39. The maximum Gasteiger partial charge on any atom is 0.246 e. The molecule has 5 nitrogen and oxygen atoms in total. The summed E-state index contributed by atoms with van der Waals surface area (Å²) in [6.45, 7) is 5.46. The molecule has 0 radical (unpaired) electrons. The highest BCUT2D eigenvalue weighted by molar-refractivity contribution is 6.32. The maximum atomic E-state index is 13.2. The molecule has 0 saturated carbocycles. The second kappa shape index (κ2) is 8.74. The van der Waals surface area contributed by atoms with Crippen LogP contribution in [0.2, 0.25) is 5.02 Å². The van der Waals surface area contributed by atoms with Crippen LogP contribution in [0.5, 0.6) is 5.75 Å². The van der Waals surface area contributed by atoms with Crippen LogP contribution in [0, 0.1) is 0 Å². The van der Waals surface area contributed by atoms with E-state index in [1.54, 1.807) is 25.3 Å². The number of anilines is 1. The van der Waals surface area contributed by atoms with E-state index in [0.717, 1.165) is 5.56 Å². The van der Waals surface area contributed by atoms with Gasteiger partial charge in [-0.1, -0.05) is 41.9 Å². The first kappa shape index (κ1) is 19.7. The fraction of sp³-hybridized carbons (Fsp3) is 0.381. The maximum absolute atomic E-state index is 13.2. The Kier molecular flexibility index (Phi) is 6.37. The van der Waals surface area contributed by atoms with Crippen molar-refractivity contribution in [3.05, 3.63) is 59.1 Å². The Morgan fingerprint density at radius 2 is 1.85 bits per heavy atom. The van der Waals surface area contributed by atoms with Gasteiger partial charge < -0.3 is 14.8 Å². The van der Waals surface area contributed by atoms with E-state index in [-0.39, 0.29) is 18.1 Å². The zero-order valence-electron chi connectivity index (χ0n) is 15.8. The number of rotatable bonds is 5. The van der Waals surface area contributed by atoms with Crippen LogP contribution in [0.25, 0.3) is 0 Å². The molecule has 144 valence electrons. The van der Waals surface area contributed by atoms with Gasteiger partial charge in [-0.05, 0) is 37.6 Å². The van der Waals surface area contributed by atoms with E-state index in [2.05, 4.69) is 10.2 Å². The minimum atomic E-state index is -0.402. The minimum Gasteiger partial charge on any atom is -0.495 e. The third-order valence-corrected chi connectivity index (χ3v) is 4.89. The summed E-state index contributed by atoms with van der Waals surface area (Å²) in [5, 5.41) is 3.46. The van der Waals surface area contributed by atoms with E-state index < -0.39 is 6.04 Å². The molecule has 1 fully saturated rings. The molecule has 3 unspecified atom stereocenters. The number of hydrogen-bond donors (Lipinski definition) is 1. The van der Waals surface area contributed by atoms with Crippen LogP contribution >= 0.6 is 11.6 Å². The molecule has 0 bridgehead atoms. The fourth-order valence-corrected chi connectivity index (χ4v) is 3.80. The van der Waals surface area contributed by atoms with Gasteiger partial charge in [0, 0.05) is 18.8 Å². The Morgan fingerprint density at radius 1 is 1.19 bits per heavy atom. The molecule has 1 heterocycles. The highest BCUT2D eigenvalue weighted by Crippen LogP contribution is 2.30. The number of nitrogens with zero attached hydrogens (tertiary/aromatic N) is 1. The third-order valence-electron chi connectivity index (χ3n) is 4.60. The van der Waals surface area contributed by atoms with Gasteiger partial charge >= 0.3 is 0 Å². The van der Waals surface area contributed by atoms with E-state index in [0.29, 0.717) is 29.5 Å². The molecule has 1 amide bonds. The van der Waals surface area contributed by atoms with Crippen molar-refractivity contribution < 1.29 is 14.3 Å². The second-order valence-electron chi connectivity index (χ2n) is 6.86. The average Bonchev–Trinajstić information content (AvgIpc) is 2.62. The van der Waals surface area contributed by atoms with Gasteiger partial charge in [0.2, 0.25) is 5.91 Å². The molecule has 0 aromatic heterocycles. The summed E-state index contributed by atoms with van der Waals surface area (Å²) in [5.74, 6) is 0.480. The number of carbonyl (C=O) groups excluding carboxylic acids is 1. The molecule has 0 spiro atoms. The van der Waals surface area contributed by atoms with E-state index in [1.807, 2.05) is 44.2 Å². The number of halogens is 1. The SMILES string of the molecule is COc1ccc(NC(=O)C(c2ccccc2)N2CC(C)OC(C)C2)cc1Cl. The molecular weight excluding hydrogens is 364 g/mol. The van der Waals surface area contributed by atoms with Crippen molar-refractivity contribution in [1.82, 2.24) is 4.90 Å². The Labute approximate surface area is 165 Å². The molecule has 1 aliphatic heterocycles. The van der Waals surface area contributed by atoms with E-state index in [4.69, 9.17) is 21.1 Å². The zero-order valence-corrected chi connectivity index (χ0v) is 16.6. The highest BCUT2D eigenvalue weighted by atomic mass is 35.5. The van der Waals surface area contributed by atoms with Gasteiger partial charge in [0.25, 0.3) is 0 Å². The van der Waals surface area contributed by atoms with Crippen LogP contribution in [0.15, 0.2) is 48.5 Å². The predicted octanol–water partition coefficient (Wildman–Crippen LogP) is 4.14. The molecule has 2 aromatic carbocycles. The zero-order chi connectivity index (χ0) is 19.4. The molecule has 3 rings (SSSR count). The van der Waals surface area contributed by atoms with Crippen LogP contribution < -0.4 is 10.1 Å². The molecule has 2 aromatic rings. The van der Waals surface area contributed by atoms with Crippen molar-refractivity contribution in [2.24, 2.45) is 0 Å². The monoisotopic (exact) mass is 388 g/mol. The largest absolute Gasteiger partial charge is 0.495 e. The Hall–Kier alpha value is -2.08. The summed E-state index contributed by atoms with van der Waals surface area (Å²) in [6.07, 6.45) is 0.145. The highest BCUT2D eigenvalue weighted by Gasteiger charge is 2.33. The first-order chi connectivity index (χ1) is 13.0. The average molecular weight is 389 g/mol. The van der Waals surface area contributed by atoms with Crippen LogP contribution in [0.1, 0.15) is 25.5 Å². The van der Waals surface area contributed by atoms with Crippen LogP contribution in [0.4, 0.5) is 5.69 Å². The number of carbonyl (C=O) groups is 1. The quantitative estimate of drug-likeness (QED) is 0.836. The molecular formula is C21H25ClN2O3. The number of nitrogens with one attached hydrogen (secondary N) is 1. The summed E-state index contributed by atoms with van der Waals surface area (Å²) >= 11 is 6.19.